The standard InChI is InChI=1S/C30H44O4/c1-25(2)13-14-29(24(33)34)15-16-30(18-31)19(20(29)17-25)7-8-22-27(5)11-10-23(32)26(3,4)21(27)9-12-28(22,30)6/h7,18,20-22H,8-17H2,1-6H3,(H,33,34)/t20?,21?,22?,27-,28+,29-,30-/m0/s1. The lowest BCUT2D eigenvalue weighted by molar-refractivity contribution is -0.190. The smallest absolute Gasteiger partial charge is 0.310 e. The van der Waals surface area contributed by atoms with Crippen molar-refractivity contribution in [1.29, 1.82) is 0 Å². The highest BCUT2D eigenvalue weighted by Gasteiger charge is 2.70. The van der Waals surface area contributed by atoms with Gasteiger partial charge in [0.15, 0.2) is 0 Å². The van der Waals surface area contributed by atoms with Crippen LogP contribution in [0.3, 0.4) is 0 Å². The zero-order valence-corrected chi connectivity index (χ0v) is 22.1. The van der Waals surface area contributed by atoms with Gasteiger partial charge < -0.3 is 9.90 Å². The van der Waals surface area contributed by atoms with Gasteiger partial charge in [0.2, 0.25) is 0 Å². The number of fused-ring (bicyclic) bond motifs is 7. The summed E-state index contributed by atoms with van der Waals surface area (Å²) in [6.07, 6.45) is 11.7. The van der Waals surface area contributed by atoms with Gasteiger partial charge in [-0.2, -0.15) is 0 Å². The van der Waals surface area contributed by atoms with E-state index in [9.17, 15) is 19.5 Å². The number of carboxylic acid groups (broad SMARTS) is 1. The van der Waals surface area contributed by atoms with Crippen LogP contribution in [0.1, 0.15) is 106 Å². The highest BCUT2D eigenvalue weighted by atomic mass is 16.4. The van der Waals surface area contributed by atoms with E-state index in [1.54, 1.807) is 0 Å². The number of Topliss-reactive ketones (excluding diaryl/α,β-unsaturated/α-hetero) is 1. The van der Waals surface area contributed by atoms with E-state index in [1.807, 2.05) is 0 Å². The van der Waals surface area contributed by atoms with Gasteiger partial charge in [-0.25, -0.2) is 0 Å². The molecular weight excluding hydrogens is 424 g/mol. The van der Waals surface area contributed by atoms with Crippen LogP contribution >= 0.6 is 0 Å². The molecule has 5 aliphatic carbocycles. The molecule has 0 heterocycles. The van der Waals surface area contributed by atoms with Gasteiger partial charge in [0.05, 0.1) is 10.8 Å². The second-order valence-electron chi connectivity index (χ2n) is 14.6. The van der Waals surface area contributed by atoms with E-state index in [-0.39, 0.29) is 27.6 Å². The summed E-state index contributed by atoms with van der Waals surface area (Å²) in [4.78, 5) is 38.9. The SMILES string of the molecule is CC1(C)CC[C@]2(C(=O)O)CC[C@]3(C=O)C(=CCC4[C@@]5(C)CCC(=O)C(C)(C)C5CC[C@]43C)C2C1. The Morgan fingerprint density at radius 1 is 0.971 bits per heavy atom. The Labute approximate surface area is 205 Å². The molecule has 0 aromatic carbocycles. The van der Waals surface area contributed by atoms with Crippen molar-refractivity contribution in [3.8, 4) is 0 Å². The maximum Gasteiger partial charge on any atom is 0.310 e. The summed E-state index contributed by atoms with van der Waals surface area (Å²) in [6, 6.07) is 0. The largest absolute Gasteiger partial charge is 0.481 e. The van der Waals surface area contributed by atoms with Crippen molar-refractivity contribution in [3.63, 3.8) is 0 Å². The Kier molecular flexibility index (Phi) is 5.04. The van der Waals surface area contributed by atoms with Gasteiger partial charge in [0, 0.05) is 11.8 Å². The fourth-order valence-electron chi connectivity index (χ4n) is 10.4. The van der Waals surface area contributed by atoms with Gasteiger partial charge in [-0.15, -0.1) is 0 Å². The van der Waals surface area contributed by atoms with Crippen LogP contribution in [0.5, 0.6) is 0 Å². The Morgan fingerprint density at radius 2 is 1.65 bits per heavy atom. The first-order chi connectivity index (χ1) is 15.7. The summed E-state index contributed by atoms with van der Waals surface area (Å²) in [5, 5.41) is 10.5. The average Bonchev–Trinajstić information content (AvgIpc) is 2.75. The second-order valence-corrected chi connectivity index (χ2v) is 14.6. The molecule has 7 atom stereocenters. The van der Waals surface area contributed by atoms with Crippen molar-refractivity contribution in [2.45, 2.75) is 106 Å². The molecule has 4 nitrogen and oxygen atoms in total. The normalized spacial score (nSPS) is 48.9. The third-order valence-corrected chi connectivity index (χ3v) is 12.5. The van der Waals surface area contributed by atoms with Crippen molar-refractivity contribution in [1.82, 2.24) is 0 Å². The first-order valence-electron chi connectivity index (χ1n) is 13.6. The molecule has 1 N–H and O–H groups in total. The molecule has 4 heteroatoms. The maximum atomic E-state index is 13.3. The predicted octanol–water partition coefficient (Wildman–Crippen LogP) is 6.62. The molecule has 0 radical (unpaired) electrons. The van der Waals surface area contributed by atoms with Gasteiger partial charge in [-0.3, -0.25) is 9.59 Å². The number of aliphatic carboxylic acids is 1. The summed E-state index contributed by atoms with van der Waals surface area (Å²) >= 11 is 0. The molecule has 0 aromatic rings. The van der Waals surface area contributed by atoms with Crippen molar-refractivity contribution >= 4 is 18.0 Å². The monoisotopic (exact) mass is 468 g/mol. The Morgan fingerprint density at radius 3 is 2.29 bits per heavy atom. The number of carbonyl (C=O) groups is 3. The predicted molar refractivity (Wildman–Crippen MR) is 132 cm³/mol. The molecule has 0 aliphatic heterocycles. The van der Waals surface area contributed by atoms with Crippen molar-refractivity contribution in [3.05, 3.63) is 11.6 Å². The number of allylic oxidation sites excluding steroid dienone is 2. The van der Waals surface area contributed by atoms with E-state index in [4.69, 9.17) is 0 Å². The highest BCUT2D eigenvalue weighted by molar-refractivity contribution is 5.85. The van der Waals surface area contributed by atoms with Crippen molar-refractivity contribution < 1.29 is 19.5 Å². The lowest BCUT2D eigenvalue weighted by atomic mass is 9.33. The minimum absolute atomic E-state index is 0.0234. The summed E-state index contributed by atoms with van der Waals surface area (Å²) < 4.78 is 0. The molecule has 3 unspecified atom stereocenters. The first-order valence-corrected chi connectivity index (χ1v) is 13.6. The minimum atomic E-state index is -0.725. The van der Waals surface area contributed by atoms with E-state index in [1.165, 1.54) is 6.29 Å². The average molecular weight is 469 g/mol. The summed E-state index contributed by atoms with van der Waals surface area (Å²) in [5.41, 5.74) is -0.529. The topological polar surface area (TPSA) is 71.4 Å². The van der Waals surface area contributed by atoms with Crippen molar-refractivity contribution in [2.75, 3.05) is 0 Å². The van der Waals surface area contributed by atoms with Gasteiger partial charge in [-0.05, 0) is 91.8 Å². The van der Waals surface area contributed by atoms with Crippen LogP contribution in [0.2, 0.25) is 0 Å². The fourth-order valence-corrected chi connectivity index (χ4v) is 10.4. The minimum Gasteiger partial charge on any atom is -0.481 e. The molecule has 4 saturated carbocycles. The lowest BCUT2D eigenvalue weighted by Crippen LogP contribution is -2.65. The Balaban J connectivity index is 1.64. The number of carbonyl (C=O) groups excluding carboxylic acids is 2. The molecule has 4 fully saturated rings. The second kappa shape index (κ2) is 7.07. The first kappa shape index (κ1) is 24.3. The van der Waals surface area contributed by atoms with Crippen LogP contribution in [0.15, 0.2) is 11.6 Å². The summed E-state index contributed by atoms with van der Waals surface area (Å²) in [7, 11) is 0. The number of hydrogen-bond acceptors (Lipinski definition) is 3. The van der Waals surface area contributed by atoms with E-state index < -0.39 is 16.8 Å². The van der Waals surface area contributed by atoms with Crippen LogP contribution in [-0.2, 0) is 14.4 Å². The quantitative estimate of drug-likeness (QED) is 0.365. The maximum absolute atomic E-state index is 13.3. The zero-order valence-electron chi connectivity index (χ0n) is 22.1. The van der Waals surface area contributed by atoms with E-state index in [0.29, 0.717) is 43.3 Å². The molecule has 0 aromatic heterocycles. The summed E-state index contributed by atoms with van der Waals surface area (Å²) in [6.45, 7) is 13.6. The van der Waals surface area contributed by atoms with Crippen LogP contribution < -0.4 is 0 Å². The molecule has 5 aliphatic rings. The van der Waals surface area contributed by atoms with Crippen LogP contribution in [-0.4, -0.2) is 23.1 Å². The molecule has 34 heavy (non-hydrogen) atoms. The Bertz CT molecular complexity index is 974. The zero-order chi connectivity index (χ0) is 24.9. The van der Waals surface area contributed by atoms with Gasteiger partial charge in [0.1, 0.15) is 12.1 Å². The van der Waals surface area contributed by atoms with Gasteiger partial charge in [-0.1, -0.05) is 53.2 Å². The number of carboxylic acids is 1. The van der Waals surface area contributed by atoms with E-state index >= 15 is 0 Å². The molecular formula is C30H44O4. The van der Waals surface area contributed by atoms with Crippen LogP contribution in [0.4, 0.5) is 0 Å². The molecule has 5 rings (SSSR count). The third-order valence-electron chi connectivity index (χ3n) is 12.5. The van der Waals surface area contributed by atoms with E-state index in [0.717, 1.165) is 44.1 Å². The number of aldehydes is 1. The Hall–Kier alpha value is -1.45. The van der Waals surface area contributed by atoms with Crippen molar-refractivity contribution in [2.24, 2.45) is 50.2 Å². The third kappa shape index (κ3) is 2.75. The van der Waals surface area contributed by atoms with Crippen LogP contribution in [0.25, 0.3) is 0 Å². The number of ketones is 1. The van der Waals surface area contributed by atoms with Gasteiger partial charge in [0.25, 0.3) is 0 Å². The lowest BCUT2D eigenvalue weighted by Gasteiger charge is -2.69. The molecule has 0 saturated heterocycles. The molecule has 0 amide bonds. The summed E-state index contributed by atoms with van der Waals surface area (Å²) in [5.74, 6) is 0.357. The fraction of sp³-hybridized carbons (Fsp3) is 0.833. The van der Waals surface area contributed by atoms with Gasteiger partial charge >= 0.3 is 5.97 Å². The highest BCUT2D eigenvalue weighted by Crippen LogP contribution is 2.75. The molecule has 188 valence electrons. The number of rotatable bonds is 2. The van der Waals surface area contributed by atoms with Crippen LogP contribution in [0, 0.1) is 50.2 Å². The molecule has 0 spiro atoms. The molecule has 0 bridgehead atoms. The van der Waals surface area contributed by atoms with E-state index in [2.05, 4.69) is 47.6 Å². The number of hydrogen-bond donors (Lipinski definition) is 1.